The lowest BCUT2D eigenvalue weighted by Crippen LogP contribution is -2.00. The SMILES string of the molecule is CS(=O)(=O)c1cccc(Sc2ccc(C=O)s2)n1. The summed E-state index contributed by atoms with van der Waals surface area (Å²) in [5, 5.41) is 0.650. The smallest absolute Gasteiger partial charge is 0.192 e. The van der Waals surface area contributed by atoms with E-state index in [0.29, 0.717) is 9.90 Å². The van der Waals surface area contributed by atoms with Crippen LogP contribution in [0.1, 0.15) is 9.67 Å². The lowest BCUT2D eigenvalue weighted by Gasteiger charge is -2.00. The monoisotopic (exact) mass is 299 g/mol. The van der Waals surface area contributed by atoms with E-state index in [1.807, 2.05) is 6.07 Å². The molecule has 0 unspecified atom stereocenters. The van der Waals surface area contributed by atoms with Crippen molar-refractivity contribution in [2.24, 2.45) is 0 Å². The molecule has 94 valence electrons. The fourth-order valence-corrected chi connectivity index (χ4v) is 3.76. The highest BCUT2D eigenvalue weighted by molar-refractivity contribution is 8.01. The van der Waals surface area contributed by atoms with Crippen LogP contribution in [0.3, 0.4) is 0 Å². The first-order valence-electron chi connectivity index (χ1n) is 4.89. The zero-order valence-electron chi connectivity index (χ0n) is 9.36. The Kier molecular flexibility index (Phi) is 3.84. The van der Waals surface area contributed by atoms with E-state index in [1.54, 1.807) is 18.2 Å². The maximum Gasteiger partial charge on any atom is 0.192 e. The van der Waals surface area contributed by atoms with Crippen molar-refractivity contribution in [3.63, 3.8) is 0 Å². The van der Waals surface area contributed by atoms with E-state index in [-0.39, 0.29) is 5.03 Å². The van der Waals surface area contributed by atoms with Crippen LogP contribution < -0.4 is 0 Å². The van der Waals surface area contributed by atoms with Crippen LogP contribution in [0, 0.1) is 0 Å². The Hall–Kier alpha value is -1.18. The molecule has 0 aliphatic rings. The van der Waals surface area contributed by atoms with Crippen molar-refractivity contribution in [3.05, 3.63) is 35.2 Å². The van der Waals surface area contributed by atoms with Crippen LogP contribution >= 0.6 is 23.1 Å². The number of nitrogens with zero attached hydrogens (tertiary/aromatic N) is 1. The summed E-state index contributed by atoms with van der Waals surface area (Å²) in [6.07, 6.45) is 1.91. The fourth-order valence-electron chi connectivity index (χ4n) is 1.21. The Labute approximate surface area is 113 Å². The van der Waals surface area contributed by atoms with Crippen LogP contribution in [0.2, 0.25) is 0 Å². The van der Waals surface area contributed by atoms with Gasteiger partial charge in [-0.3, -0.25) is 4.79 Å². The summed E-state index contributed by atoms with van der Waals surface area (Å²) in [4.78, 5) is 15.3. The number of sulfone groups is 1. The molecule has 7 heteroatoms. The Morgan fingerprint density at radius 3 is 2.67 bits per heavy atom. The molecule has 0 N–H and O–H groups in total. The second kappa shape index (κ2) is 5.21. The molecule has 0 fully saturated rings. The van der Waals surface area contributed by atoms with E-state index in [2.05, 4.69) is 4.98 Å². The summed E-state index contributed by atoms with van der Waals surface area (Å²) < 4.78 is 23.6. The van der Waals surface area contributed by atoms with E-state index in [9.17, 15) is 13.2 Å². The van der Waals surface area contributed by atoms with Gasteiger partial charge in [0.15, 0.2) is 21.1 Å². The van der Waals surface area contributed by atoms with Gasteiger partial charge in [0.2, 0.25) is 0 Å². The largest absolute Gasteiger partial charge is 0.297 e. The third kappa shape index (κ3) is 3.18. The maximum absolute atomic E-state index is 11.4. The molecule has 0 saturated heterocycles. The molecule has 4 nitrogen and oxygen atoms in total. The molecule has 0 saturated carbocycles. The van der Waals surface area contributed by atoms with Gasteiger partial charge in [-0.25, -0.2) is 13.4 Å². The van der Waals surface area contributed by atoms with Crippen molar-refractivity contribution in [2.45, 2.75) is 14.3 Å². The highest BCUT2D eigenvalue weighted by Gasteiger charge is 2.10. The summed E-state index contributed by atoms with van der Waals surface area (Å²) in [6.45, 7) is 0. The van der Waals surface area contributed by atoms with Gasteiger partial charge >= 0.3 is 0 Å². The number of carbonyl (C=O) groups is 1. The molecule has 0 spiro atoms. The summed E-state index contributed by atoms with van der Waals surface area (Å²) >= 11 is 2.68. The number of aromatic nitrogens is 1. The molecular weight excluding hydrogens is 290 g/mol. The van der Waals surface area contributed by atoms with E-state index < -0.39 is 9.84 Å². The zero-order valence-corrected chi connectivity index (χ0v) is 11.8. The summed E-state index contributed by atoms with van der Waals surface area (Å²) in [5.41, 5.74) is 0. The number of thiophene rings is 1. The summed E-state index contributed by atoms with van der Waals surface area (Å²) in [5.74, 6) is 0. The maximum atomic E-state index is 11.4. The Bertz CT molecular complexity index is 676. The molecule has 0 aromatic carbocycles. The van der Waals surface area contributed by atoms with Crippen LogP contribution in [0.15, 0.2) is 44.6 Å². The van der Waals surface area contributed by atoms with E-state index in [0.717, 1.165) is 16.8 Å². The lowest BCUT2D eigenvalue weighted by atomic mass is 10.5. The highest BCUT2D eigenvalue weighted by Crippen LogP contribution is 2.32. The fraction of sp³-hybridized carbons (Fsp3) is 0.0909. The minimum atomic E-state index is -3.29. The molecular formula is C11H9NO3S3. The number of hydrogen-bond donors (Lipinski definition) is 0. The first-order valence-corrected chi connectivity index (χ1v) is 8.41. The number of pyridine rings is 1. The average Bonchev–Trinajstić information content (AvgIpc) is 2.76. The molecule has 0 radical (unpaired) electrons. The van der Waals surface area contributed by atoms with E-state index >= 15 is 0 Å². The van der Waals surface area contributed by atoms with Crippen molar-refractivity contribution < 1.29 is 13.2 Å². The van der Waals surface area contributed by atoms with Gasteiger partial charge in [0.1, 0.15) is 5.03 Å². The van der Waals surface area contributed by atoms with Crippen molar-refractivity contribution in [1.82, 2.24) is 4.98 Å². The van der Waals surface area contributed by atoms with Crippen LogP contribution in [-0.2, 0) is 9.84 Å². The third-order valence-corrected chi connectivity index (χ3v) is 5.07. The van der Waals surface area contributed by atoms with E-state index in [1.165, 1.54) is 29.2 Å². The Morgan fingerprint density at radius 1 is 1.28 bits per heavy atom. The van der Waals surface area contributed by atoms with Crippen molar-refractivity contribution in [3.8, 4) is 0 Å². The van der Waals surface area contributed by atoms with Gasteiger partial charge in [-0.15, -0.1) is 11.3 Å². The van der Waals surface area contributed by atoms with Crippen molar-refractivity contribution in [2.75, 3.05) is 6.26 Å². The quantitative estimate of drug-likeness (QED) is 0.812. The van der Waals surface area contributed by atoms with Gasteiger partial charge in [0.05, 0.1) is 9.09 Å². The second-order valence-electron chi connectivity index (χ2n) is 3.46. The molecule has 0 atom stereocenters. The number of rotatable bonds is 4. The standard InChI is InChI=1S/C11H9NO3S3/c1-18(14,15)10-4-2-3-9(12-10)17-11-6-5-8(7-13)16-11/h2-7H,1H3. The molecule has 2 heterocycles. The summed E-state index contributed by atoms with van der Waals surface area (Å²) in [7, 11) is -3.29. The van der Waals surface area contributed by atoms with Crippen molar-refractivity contribution in [1.29, 1.82) is 0 Å². The second-order valence-corrected chi connectivity index (χ2v) is 7.86. The number of hydrogen-bond acceptors (Lipinski definition) is 6. The Balaban J connectivity index is 2.27. The molecule has 18 heavy (non-hydrogen) atoms. The van der Waals surface area contributed by atoms with Gasteiger partial charge in [-0.1, -0.05) is 17.8 Å². The summed E-state index contributed by atoms with van der Waals surface area (Å²) in [6, 6.07) is 8.39. The molecule has 2 aromatic rings. The molecule has 2 aromatic heterocycles. The minimum Gasteiger partial charge on any atom is -0.297 e. The first kappa shape index (κ1) is 13.3. The normalized spacial score (nSPS) is 11.4. The van der Waals surface area contributed by atoms with E-state index in [4.69, 9.17) is 0 Å². The minimum absolute atomic E-state index is 0.0552. The van der Waals surface area contributed by atoms with Gasteiger partial charge < -0.3 is 0 Å². The zero-order chi connectivity index (χ0) is 13.2. The van der Waals surface area contributed by atoms with Crippen LogP contribution in [0.25, 0.3) is 0 Å². The molecule has 2 rings (SSSR count). The molecule has 0 bridgehead atoms. The molecule has 0 aliphatic heterocycles. The van der Waals surface area contributed by atoms with Crippen LogP contribution in [0.5, 0.6) is 0 Å². The number of aldehydes is 1. The number of carbonyl (C=O) groups excluding carboxylic acids is 1. The predicted molar refractivity (Wildman–Crippen MR) is 71.2 cm³/mol. The average molecular weight is 299 g/mol. The van der Waals surface area contributed by atoms with Crippen LogP contribution in [-0.4, -0.2) is 25.9 Å². The van der Waals surface area contributed by atoms with Gasteiger partial charge in [0.25, 0.3) is 0 Å². The topological polar surface area (TPSA) is 64.1 Å². The molecule has 0 amide bonds. The lowest BCUT2D eigenvalue weighted by molar-refractivity contribution is 0.112. The Morgan fingerprint density at radius 2 is 2.06 bits per heavy atom. The van der Waals surface area contributed by atoms with Gasteiger partial charge in [-0.2, -0.15) is 0 Å². The third-order valence-electron chi connectivity index (χ3n) is 2.00. The van der Waals surface area contributed by atoms with Crippen molar-refractivity contribution >= 4 is 39.2 Å². The van der Waals surface area contributed by atoms with Crippen LogP contribution in [0.4, 0.5) is 0 Å². The highest BCUT2D eigenvalue weighted by atomic mass is 32.2. The first-order chi connectivity index (χ1) is 8.49. The van der Waals surface area contributed by atoms with Gasteiger partial charge in [0, 0.05) is 6.26 Å². The van der Waals surface area contributed by atoms with Gasteiger partial charge in [-0.05, 0) is 24.3 Å². The predicted octanol–water partition coefficient (Wildman–Crippen LogP) is 2.51. The molecule has 0 aliphatic carbocycles.